The maximum absolute atomic E-state index is 10.7. The molecule has 0 saturated carbocycles. The second kappa shape index (κ2) is 6.90. The van der Waals surface area contributed by atoms with Crippen LogP contribution < -0.4 is 16.2 Å². The highest BCUT2D eigenvalue weighted by Crippen LogP contribution is 2.37. The molecule has 1 fully saturated rings. The molecule has 0 amide bonds. The summed E-state index contributed by atoms with van der Waals surface area (Å²) in [4.78, 5) is 29.5. The number of nitrogens with zero attached hydrogens (tertiary/aromatic N) is 4. The minimum atomic E-state index is -4.72. The van der Waals surface area contributed by atoms with Crippen LogP contribution in [0.3, 0.4) is 0 Å². The lowest BCUT2D eigenvalue weighted by molar-refractivity contribution is -0.0151. The van der Waals surface area contributed by atoms with Crippen molar-refractivity contribution in [2.45, 2.75) is 24.5 Å². The van der Waals surface area contributed by atoms with Crippen LogP contribution in [0.15, 0.2) is 11.3 Å². The maximum atomic E-state index is 10.7. The summed E-state index contributed by atoms with van der Waals surface area (Å²) < 4.78 is 20.4. The lowest BCUT2D eigenvalue weighted by Gasteiger charge is -2.24. The number of hydrogen-bond acceptors (Lipinski definition) is 11. The van der Waals surface area contributed by atoms with Crippen molar-refractivity contribution in [1.29, 1.82) is 0 Å². The number of aliphatic hydroxyl groups excluding tert-OH is 2. The zero-order chi connectivity index (χ0) is 18.2. The van der Waals surface area contributed by atoms with Gasteiger partial charge in [0.25, 0.3) is 0 Å². The summed E-state index contributed by atoms with van der Waals surface area (Å²) >= 11 is 0. The van der Waals surface area contributed by atoms with Gasteiger partial charge in [0.1, 0.15) is 37.1 Å². The first-order valence-electron chi connectivity index (χ1n) is 7.11. The van der Waals surface area contributed by atoms with E-state index in [2.05, 4.69) is 24.8 Å². The number of aliphatic hydroxyl groups is 2. The van der Waals surface area contributed by atoms with Gasteiger partial charge in [-0.2, -0.15) is 0 Å². The van der Waals surface area contributed by atoms with E-state index in [0.717, 1.165) is 0 Å². The number of phosphoric ester groups is 1. The van der Waals surface area contributed by atoms with Crippen molar-refractivity contribution >= 4 is 25.7 Å². The molecular formula is C11H17N6O7P. The van der Waals surface area contributed by atoms with E-state index < -0.39 is 39.0 Å². The zero-order valence-corrected chi connectivity index (χ0v) is 13.6. The van der Waals surface area contributed by atoms with Crippen LogP contribution in [0.5, 0.6) is 0 Å². The first-order chi connectivity index (χ1) is 11.8. The van der Waals surface area contributed by atoms with Gasteiger partial charge in [0.05, 0.1) is 12.2 Å². The molecule has 7 N–H and O–H groups in total. The summed E-state index contributed by atoms with van der Waals surface area (Å²) in [6, 6.07) is 0. The second-order valence-electron chi connectivity index (χ2n) is 5.39. The van der Waals surface area contributed by atoms with Gasteiger partial charge < -0.3 is 30.1 Å². The molecule has 0 radical (unpaired) electrons. The number of rotatable bonds is 5. The van der Waals surface area contributed by atoms with E-state index in [1.807, 2.05) is 0 Å². The van der Waals surface area contributed by atoms with Crippen LogP contribution in [0.1, 0.15) is 5.56 Å². The van der Waals surface area contributed by atoms with E-state index >= 15 is 0 Å². The van der Waals surface area contributed by atoms with Crippen LogP contribution >= 0.6 is 7.82 Å². The Kier molecular flexibility index (Phi) is 4.99. The Bertz CT molecular complexity index is 714. The van der Waals surface area contributed by atoms with Gasteiger partial charge in [-0.05, 0) is 0 Å². The minimum Gasteiger partial charge on any atom is -0.387 e. The number of nitrogens with one attached hydrogen (secondary N) is 1. The van der Waals surface area contributed by atoms with Gasteiger partial charge in [-0.15, -0.1) is 0 Å². The third kappa shape index (κ3) is 3.94. The highest BCUT2D eigenvalue weighted by Gasteiger charge is 2.44. The summed E-state index contributed by atoms with van der Waals surface area (Å²) in [7, 11) is -4.72. The number of aromatic nitrogens is 2. The maximum Gasteiger partial charge on any atom is 0.469 e. The fraction of sp³-hybridized carbons (Fsp3) is 0.545. The van der Waals surface area contributed by atoms with E-state index in [1.165, 1.54) is 17.6 Å². The molecule has 0 unspecified atom stereocenters. The molecule has 1 saturated heterocycles. The second-order valence-corrected chi connectivity index (χ2v) is 6.63. The fourth-order valence-corrected chi connectivity index (χ4v) is 2.79. The van der Waals surface area contributed by atoms with Crippen molar-refractivity contribution in [3.63, 3.8) is 0 Å². The summed E-state index contributed by atoms with van der Waals surface area (Å²) in [5.74, 6) is 6.44. The Hall–Kier alpha value is -1.70. The molecule has 138 valence electrons. The first-order valence-corrected chi connectivity index (χ1v) is 8.64. The predicted octanol–water partition coefficient (Wildman–Crippen LogP) is -2.49. The average molecular weight is 376 g/mol. The Balaban J connectivity index is 1.73. The molecule has 0 aromatic carbocycles. The predicted molar refractivity (Wildman–Crippen MR) is 83.5 cm³/mol. The number of ether oxygens (including phenoxy) is 1. The van der Waals surface area contributed by atoms with Gasteiger partial charge in [-0.1, -0.05) is 0 Å². The van der Waals surface area contributed by atoms with Crippen molar-refractivity contribution in [3.05, 3.63) is 11.9 Å². The average Bonchev–Trinajstić information content (AvgIpc) is 2.81. The lowest BCUT2D eigenvalue weighted by atomic mass is 10.1. The largest absolute Gasteiger partial charge is 0.469 e. The van der Waals surface area contributed by atoms with Crippen molar-refractivity contribution in [3.8, 4) is 0 Å². The molecule has 2 aliphatic heterocycles. The van der Waals surface area contributed by atoms with Crippen LogP contribution in [0.2, 0.25) is 0 Å². The summed E-state index contributed by atoms with van der Waals surface area (Å²) in [5, 5.41) is 24.1. The Morgan fingerprint density at radius 1 is 1.40 bits per heavy atom. The van der Waals surface area contributed by atoms with Gasteiger partial charge in [-0.3, -0.25) is 14.5 Å². The lowest BCUT2D eigenvalue weighted by Crippen LogP contribution is -2.38. The van der Waals surface area contributed by atoms with Gasteiger partial charge in [0.2, 0.25) is 0 Å². The van der Waals surface area contributed by atoms with Crippen LogP contribution in [-0.2, 0) is 13.8 Å². The topological polar surface area (TPSA) is 196 Å². The Morgan fingerprint density at radius 3 is 2.88 bits per heavy atom. The normalized spacial score (nSPS) is 28.9. The molecule has 13 nitrogen and oxygen atoms in total. The molecule has 1 aromatic rings. The summed E-state index contributed by atoms with van der Waals surface area (Å²) in [6.45, 7) is -0.368. The van der Waals surface area contributed by atoms with Crippen molar-refractivity contribution in [1.82, 2.24) is 9.97 Å². The summed E-state index contributed by atoms with van der Waals surface area (Å²) in [5.41, 5.74) is 0.469. The van der Waals surface area contributed by atoms with E-state index in [-0.39, 0.29) is 12.5 Å². The van der Waals surface area contributed by atoms with Crippen LogP contribution in [0, 0.1) is 0 Å². The van der Waals surface area contributed by atoms with Crippen molar-refractivity contribution in [2.24, 2.45) is 10.8 Å². The molecular weight excluding hydrogens is 359 g/mol. The summed E-state index contributed by atoms with van der Waals surface area (Å²) in [6.07, 6.45) is -2.27. The quantitative estimate of drug-likeness (QED) is 0.234. The number of phosphoric acid groups is 1. The minimum absolute atomic E-state index is 0.229. The van der Waals surface area contributed by atoms with Gasteiger partial charge in [0.15, 0.2) is 12.0 Å². The molecule has 4 atom stereocenters. The monoisotopic (exact) mass is 376 g/mol. The third-order valence-electron chi connectivity index (χ3n) is 3.64. The molecule has 1 aromatic heterocycles. The van der Waals surface area contributed by atoms with Crippen LogP contribution in [0.25, 0.3) is 0 Å². The standard InChI is InChI=1S/C11H17N6O7P/c12-17-4-13-1-5-9(14-3-15-10(5)17)16-11-8(19)7(18)6(24-11)2-23-25(20,21)22/h1,3,6-8,11,18-19H,2,4,12H2,(H,14,15,16)(H2,20,21,22)/t6-,7-,8-,11-/m1/s1. The van der Waals surface area contributed by atoms with Gasteiger partial charge in [-0.25, -0.2) is 20.4 Å². The number of aliphatic imine (C=N–C) groups is 1. The van der Waals surface area contributed by atoms with Crippen LogP contribution in [-0.4, -0.2) is 74.0 Å². The Morgan fingerprint density at radius 2 is 2.16 bits per heavy atom. The molecule has 0 spiro atoms. The number of anilines is 2. The highest BCUT2D eigenvalue weighted by atomic mass is 31.2. The van der Waals surface area contributed by atoms with E-state index in [1.54, 1.807) is 0 Å². The third-order valence-corrected chi connectivity index (χ3v) is 4.12. The molecule has 3 rings (SSSR count). The van der Waals surface area contributed by atoms with Gasteiger partial charge >= 0.3 is 7.82 Å². The zero-order valence-electron chi connectivity index (χ0n) is 12.7. The molecule has 0 aliphatic carbocycles. The SMILES string of the molecule is NN1CN=Cc2c(N[C@@H]3O[C@H](COP(=O)(O)O)[C@@H](O)[C@H]3O)ncnc21. The number of fused-ring (bicyclic) bond motifs is 1. The van der Waals surface area contributed by atoms with Crippen LogP contribution in [0.4, 0.5) is 11.6 Å². The van der Waals surface area contributed by atoms with Gasteiger partial charge in [0, 0.05) is 6.21 Å². The van der Waals surface area contributed by atoms with E-state index in [0.29, 0.717) is 11.4 Å². The van der Waals surface area contributed by atoms with E-state index in [9.17, 15) is 14.8 Å². The first kappa shape index (κ1) is 18.1. The molecule has 2 aliphatic rings. The van der Waals surface area contributed by atoms with Crippen molar-refractivity contribution in [2.75, 3.05) is 23.6 Å². The number of hydrazine groups is 1. The highest BCUT2D eigenvalue weighted by molar-refractivity contribution is 7.46. The number of nitrogens with two attached hydrogens (primary N) is 1. The molecule has 14 heteroatoms. The molecule has 0 bridgehead atoms. The fourth-order valence-electron chi connectivity index (χ4n) is 2.45. The smallest absolute Gasteiger partial charge is 0.387 e. The van der Waals surface area contributed by atoms with E-state index in [4.69, 9.17) is 20.4 Å². The number of hydrogen-bond donors (Lipinski definition) is 6. The molecule has 3 heterocycles. The van der Waals surface area contributed by atoms with Crippen molar-refractivity contribution < 1.29 is 33.8 Å². The molecule has 25 heavy (non-hydrogen) atoms. The Labute approximate surface area is 141 Å².